The van der Waals surface area contributed by atoms with Gasteiger partial charge in [-0.3, -0.25) is 4.79 Å². The molecule has 0 aliphatic heterocycles. The highest BCUT2D eigenvalue weighted by Crippen LogP contribution is 2.18. The van der Waals surface area contributed by atoms with Gasteiger partial charge in [0.1, 0.15) is 0 Å². The maximum atomic E-state index is 11.5. The molecule has 1 rings (SSSR count). The standard InChI is InChI=1S/C8H11NO2S2/c1-9(2-3-10)8(11)7-4-6(12)5-13-7/h4-5,10,12H,2-3H2,1H3. The predicted octanol–water partition coefficient (Wildman–Crippen LogP) is 1.10. The van der Waals surface area contributed by atoms with Crippen LogP contribution in [0.1, 0.15) is 9.67 Å². The van der Waals surface area contributed by atoms with Crippen LogP contribution in [0.15, 0.2) is 16.3 Å². The average Bonchev–Trinajstić information content (AvgIpc) is 2.51. The van der Waals surface area contributed by atoms with E-state index in [2.05, 4.69) is 12.6 Å². The molecule has 0 fully saturated rings. The van der Waals surface area contributed by atoms with Gasteiger partial charge in [-0.15, -0.1) is 24.0 Å². The van der Waals surface area contributed by atoms with E-state index in [1.54, 1.807) is 13.1 Å². The summed E-state index contributed by atoms with van der Waals surface area (Å²) in [6.07, 6.45) is 0. The Morgan fingerprint density at radius 1 is 1.77 bits per heavy atom. The highest BCUT2D eigenvalue weighted by Gasteiger charge is 2.12. The van der Waals surface area contributed by atoms with Gasteiger partial charge in [-0.2, -0.15) is 0 Å². The van der Waals surface area contributed by atoms with Crippen molar-refractivity contribution in [3.63, 3.8) is 0 Å². The number of nitrogens with zero attached hydrogens (tertiary/aromatic N) is 1. The summed E-state index contributed by atoms with van der Waals surface area (Å²) in [7, 11) is 1.66. The molecule has 0 unspecified atom stereocenters. The molecular weight excluding hydrogens is 206 g/mol. The van der Waals surface area contributed by atoms with Crippen LogP contribution in [-0.4, -0.2) is 36.1 Å². The Kier molecular flexibility index (Phi) is 3.77. The molecule has 1 aromatic heterocycles. The molecule has 1 amide bonds. The maximum Gasteiger partial charge on any atom is 0.263 e. The molecule has 1 aromatic rings. The number of carbonyl (C=O) groups excluding carboxylic acids is 1. The van der Waals surface area contributed by atoms with Gasteiger partial charge in [0.2, 0.25) is 0 Å². The predicted molar refractivity (Wildman–Crippen MR) is 55.6 cm³/mol. The Balaban J connectivity index is 2.67. The fourth-order valence-electron chi connectivity index (χ4n) is 0.878. The van der Waals surface area contributed by atoms with E-state index in [9.17, 15) is 4.79 Å². The van der Waals surface area contributed by atoms with Gasteiger partial charge in [-0.1, -0.05) is 0 Å². The third kappa shape index (κ3) is 2.72. The summed E-state index contributed by atoms with van der Waals surface area (Å²) in [5.41, 5.74) is 0. The third-order valence-corrected chi connectivity index (χ3v) is 2.93. The van der Waals surface area contributed by atoms with Crippen molar-refractivity contribution in [2.45, 2.75) is 4.90 Å². The molecule has 0 saturated heterocycles. The van der Waals surface area contributed by atoms with Crippen molar-refractivity contribution in [1.82, 2.24) is 4.90 Å². The Morgan fingerprint density at radius 2 is 2.46 bits per heavy atom. The molecule has 0 spiro atoms. The molecular formula is C8H11NO2S2. The van der Waals surface area contributed by atoms with Crippen molar-refractivity contribution in [3.8, 4) is 0 Å². The first-order valence-electron chi connectivity index (χ1n) is 3.79. The summed E-state index contributed by atoms with van der Waals surface area (Å²) in [6.45, 7) is 0.347. The highest BCUT2D eigenvalue weighted by atomic mass is 32.1. The zero-order chi connectivity index (χ0) is 9.84. The van der Waals surface area contributed by atoms with Gasteiger partial charge in [-0.25, -0.2) is 0 Å². The van der Waals surface area contributed by atoms with Crippen molar-refractivity contribution in [2.24, 2.45) is 0 Å². The van der Waals surface area contributed by atoms with Gasteiger partial charge in [0.25, 0.3) is 5.91 Å². The van der Waals surface area contributed by atoms with Gasteiger partial charge >= 0.3 is 0 Å². The van der Waals surface area contributed by atoms with E-state index in [0.29, 0.717) is 11.4 Å². The zero-order valence-electron chi connectivity index (χ0n) is 7.23. The molecule has 3 nitrogen and oxygen atoms in total. The van der Waals surface area contributed by atoms with Crippen LogP contribution in [0.5, 0.6) is 0 Å². The number of carbonyl (C=O) groups is 1. The SMILES string of the molecule is CN(CCO)C(=O)c1cc(S)cs1. The molecule has 13 heavy (non-hydrogen) atoms. The molecule has 1 N–H and O–H groups in total. The fourth-order valence-corrected chi connectivity index (χ4v) is 2.02. The topological polar surface area (TPSA) is 40.5 Å². The number of aliphatic hydroxyl groups excluding tert-OH is 1. The number of rotatable bonds is 3. The molecule has 0 radical (unpaired) electrons. The fraction of sp³-hybridized carbons (Fsp3) is 0.375. The maximum absolute atomic E-state index is 11.5. The number of thiophene rings is 1. The first-order valence-corrected chi connectivity index (χ1v) is 5.11. The minimum atomic E-state index is -0.0700. The van der Waals surface area contributed by atoms with Crippen LogP contribution < -0.4 is 0 Å². The molecule has 0 bridgehead atoms. The molecule has 0 aliphatic rings. The lowest BCUT2D eigenvalue weighted by Gasteiger charge is -2.13. The van der Waals surface area contributed by atoms with Gasteiger partial charge in [0.15, 0.2) is 0 Å². The van der Waals surface area contributed by atoms with Crippen molar-refractivity contribution in [1.29, 1.82) is 0 Å². The van der Waals surface area contributed by atoms with E-state index >= 15 is 0 Å². The molecule has 5 heteroatoms. The van der Waals surface area contributed by atoms with Crippen molar-refractivity contribution >= 4 is 29.9 Å². The second kappa shape index (κ2) is 4.64. The number of hydrogen-bond donors (Lipinski definition) is 2. The molecule has 72 valence electrons. The lowest BCUT2D eigenvalue weighted by Crippen LogP contribution is -2.28. The van der Waals surface area contributed by atoms with Gasteiger partial charge in [-0.05, 0) is 6.07 Å². The van der Waals surface area contributed by atoms with Crippen LogP contribution >= 0.6 is 24.0 Å². The second-order valence-electron chi connectivity index (χ2n) is 2.62. The Hall–Kier alpha value is -0.520. The normalized spacial score (nSPS) is 10.1. The van der Waals surface area contributed by atoms with E-state index in [0.717, 1.165) is 4.90 Å². The largest absolute Gasteiger partial charge is 0.395 e. The lowest BCUT2D eigenvalue weighted by atomic mass is 10.4. The minimum Gasteiger partial charge on any atom is -0.395 e. The smallest absolute Gasteiger partial charge is 0.263 e. The number of aliphatic hydroxyl groups is 1. The number of amides is 1. The summed E-state index contributed by atoms with van der Waals surface area (Å²) in [6, 6.07) is 1.73. The number of hydrogen-bond acceptors (Lipinski definition) is 4. The quantitative estimate of drug-likeness (QED) is 0.744. The lowest BCUT2D eigenvalue weighted by molar-refractivity contribution is 0.0771. The zero-order valence-corrected chi connectivity index (χ0v) is 8.94. The van der Waals surface area contributed by atoms with E-state index in [1.807, 2.05) is 5.38 Å². The summed E-state index contributed by atoms with van der Waals surface area (Å²) < 4.78 is 0. The van der Waals surface area contributed by atoms with Gasteiger partial charge in [0, 0.05) is 23.9 Å². The average molecular weight is 217 g/mol. The summed E-state index contributed by atoms with van der Waals surface area (Å²) in [4.78, 5) is 14.5. The molecule has 0 saturated carbocycles. The van der Waals surface area contributed by atoms with E-state index in [-0.39, 0.29) is 12.5 Å². The highest BCUT2D eigenvalue weighted by molar-refractivity contribution is 7.80. The third-order valence-electron chi connectivity index (χ3n) is 1.58. The van der Waals surface area contributed by atoms with Crippen LogP contribution in [0, 0.1) is 0 Å². The number of thiol groups is 1. The Labute approximate surface area is 86.4 Å². The Morgan fingerprint density at radius 3 is 2.92 bits per heavy atom. The number of likely N-dealkylation sites (N-methyl/N-ethyl adjacent to an activating group) is 1. The van der Waals surface area contributed by atoms with Crippen LogP contribution in [0.4, 0.5) is 0 Å². The Bertz CT molecular complexity index is 298. The molecule has 0 atom stereocenters. The van der Waals surface area contributed by atoms with Gasteiger partial charge < -0.3 is 10.0 Å². The summed E-state index contributed by atoms with van der Waals surface area (Å²) >= 11 is 5.47. The van der Waals surface area contributed by atoms with E-state index < -0.39 is 0 Å². The van der Waals surface area contributed by atoms with Crippen LogP contribution in [-0.2, 0) is 0 Å². The van der Waals surface area contributed by atoms with Crippen molar-refractivity contribution in [3.05, 3.63) is 16.3 Å². The van der Waals surface area contributed by atoms with Gasteiger partial charge in [0.05, 0.1) is 11.5 Å². The molecule has 0 aromatic carbocycles. The van der Waals surface area contributed by atoms with E-state index in [1.165, 1.54) is 16.2 Å². The first kappa shape index (κ1) is 10.6. The molecule has 1 heterocycles. The van der Waals surface area contributed by atoms with Crippen molar-refractivity contribution in [2.75, 3.05) is 20.2 Å². The van der Waals surface area contributed by atoms with Crippen LogP contribution in [0.2, 0.25) is 0 Å². The molecule has 0 aliphatic carbocycles. The van der Waals surface area contributed by atoms with Crippen molar-refractivity contribution < 1.29 is 9.90 Å². The first-order chi connectivity index (χ1) is 6.15. The monoisotopic (exact) mass is 217 g/mol. The minimum absolute atomic E-state index is 0.0126. The second-order valence-corrected chi connectivity index (χ2v) is 4.05. The van der Waals surface area contributed by atoms with E-state index in [4.69, 9.17) is 5.11 Å². The summed E-state index contributed by atoms with van der Waals surface area (Å²) in [5.74, 6) is -0.0700. The summed E-state index contributed by atoms with van der Waals surface area (Å²) in [5, 5.41) is 10.4. The van der Waals surface area contributed by atoms with Crippen LogP contribution in [0.25, 0.3) is 0 Å². The van der Waals surface area contributed by atoms with Crippen LogP contribution in [0.3, 0.4) is 0 Å².